The van der Waals surface area contributed by atoms with E-state index in [4.69, 9.17) is 0 Å². The average Bonchev–Trinajstić information content (AvgIpc) is 2.78. The van der Waals surface area contributed by atoms with Crippen LogP contribution in [0, 0.1) is 0 Å². The zero-order valence-corrected chi connectivity index (χ0v) is 16.0. The third kappa shape index (κ3) is 4.99. The first-order valence-corrected chi connectivity index (χ1v) is 10.8. The molecule has 0 radical (unpaired) electrons. The van der Waals surface area contributed by atoms with Crippen LogP contribution in [0.5, 0.6) is 0 Å². The van der Waals surface area contributed by atoms with Gasteiger partial charge in [0.2, 0.25) is 10.0 Å². The second-order valence-corrected chi connectivity index (χ2v) is 9.80. The molecule has 0 saturated carbocycles. The molecule has 1 rings (SSSR count). The van der Waals surface area contributed by atoms with Crippen molar-refractivity contribution in [2.45, 2.75) is 24.8 Å². The van der Waals surface area contributed by atoms with Crippen molar-refractivity contribution in [2.75, 3.05) is 32.1 Å². The van der Waals surface area contributed by atoms with E-state index in [1.165, 1.54) is 15.6 Å². The summed E-state index contributed by atoms with van der Waals surface area (Å²) >= 11 is 6.49. The molecule has 4 nitrogen and oxygen atoms in total. The van der Waals surface area contributed by atoms with Gasteiger partial charge in [0, 0.05) is 30.8 Å². The van der Waals surface area contributed by atoms with Crippen molar-refractivity contribution >= 4 is 49.1 Å². The Morgan fingerprint density at radius 3 is 2.80 bits per heavy atom. The number of sulfonamides is 1. The van der Waals surface area contributed by atoms with Crippen LogP contribution in [-0.2, 0) is 16.6 Å². The van der Waals surface area contributed by atoms with Crippen LogP contribution in [0.25, 0.3) is 0 Å². The van der Waals surface area contributed by atoms with Crippen LogP contribution in [0.4, 0.5) is 0 Å². The molecular formula is C12H21BrN2O2S3. The van der Waals surface area contributed by atoms with Crippen LogP contribution < -0.4 is 5.32 Å². The quantitative estimate of drug-likeness (QED) is 0.647. The fourth-order valence-electron chi connectivity index (χ4n) is 1.56. The van der Waals surface area contributed by atoms with E-state index in [0.717, 1.165) is 23.6 Å². The Hall–Kier alpha value is 0.400. The summed E-state index contributed by atoms with van der Waals surface area (Å²) in [6, 6.07) is 1.77. The minimum atomic E-state index is -3.40. The van der Waals surface area contributed by atoms with Gasteiger partial charge >= 0.3 is 0 Å². The van der Waals surface area contributed by atoms with Gasteiger partial charge < -0.3 is 5.32 Å². The molecule has 1 aromatic rings. The van der Waals surface area contributed by atoms with E-state index in [-0.39, 0.29) is 0 Å². The Balaban J connectivity index is 2.84. The molecule has 1 N–H and O–H groups in total. The number of hydrogen-bond acceptors (Lipinski definition) is 5. The van der Waals surface area contributed by atoms with Gasteiger partial charge in [-0.2, -0.15) is 11.8 Å². The molecular weight excluding hydrogens is 380 g/mol. The predicted octanol–water partition coefficient (Wildman–Crippen LogP) is 2.99. The maximum absolute atomic E-state index is 12.5. The Morgan fingerprint density at radius 2 is 2.20 bits per heavy atom. The molecule has 0 aliphatic carbocycles. The molecule has 20 heavy (non-hydrogen) atoms. The molecule has 0 amide bonds. The third-order valence-electron chi connectivity index (χ3n) is 2.73. The number of hydrogen-bond donors (Lipinski definition) is 1. The molecule has 0 saturated heterocycles. The molecule has 0 spiro atoms. The van der Waals surface area contributed by atoms with Gasteiger partial charge in [-0.15, -0.1) is 11.3 Å². The zero-order valence-electron chi connectivity index (χ0n) is 12.0. The molecule has 1 heterocycles. The second-order valence-electron chi connectivity index (χ2n) is 4.35. The SMILES string of the molecule is CCCNCc1cc(S(=O)(=O)N(C)CCSC)c(Br)s1. The molecule has 0 fully saturated rings. The minimum absolute atomic E-state index is 0.374. The maximum atomic E-state index is 12.5. The first-order chi connectivity index (χ1) is 9.43. The summed E-state index contributed by atoms with van der Waals surface area (Å²) in [5, 5.41) is 3.28. The summed E-state index contributed by atoms with van der Waals surface area (Å²) in [7, 11) is -1.77. The summed E-state index contributed by atoms with van der Waals surface area (Å²) < 4.78 is 27.0. The van der Waals surface area contributed by atoms with Crippen molar-refractivity contribution < 1.29 is 8.42 Å². The highest BCUT2D eigenvalue weighted by atomic mass is 79.9. The smallest absolute Gasteiger partial charge is 0.244 e. The number of rotatable bonds is 9. The van der Waals surface area contributed by atoms with Gasteiger partial charge in [-0.1, -0.05) is 6.92 Å². The van der Waals surface area contributed by atoms with Crippen LogP contribution in [0.1, 0.15) is 18.2 Å². The van der Waals surface area contributed by atoms with Crippen LogP contribution in [0.15, 0.2) is 14.7 Å². The van der Waals surface area contributed by atoms with Gasteiger partial charge in [0.05, 0.1) is 3.79 Å². The Kier molecular flexibility index (Phi) is 8.07. The molecule has 0 aromatic carbocycles. The lowest BCUT2D eigenvalue weighted by atomic mass is 10.4. The second kappa shape index (κ2) is 8.75. The van der Waals surface area contributed by atoms with Gasteiger partial charge in [0.25, 0.3) is 0 Å². The molecule has 116 valence electrons. The first-order valence-electron chi connectivity index (χ1n) is 6.37. The molecule has 8 heteroatoms. The lowest BCUT2D eigenvalue weighted by molar-refractivity contribution is 0.488. The van der Waals surface area contributed by atoms with Crippen LogP contribution in [0.3, 0.4) is 0 Å². The number of nitrogens with zero attached hydrogens (tertiary/aromatic N) is 1. The summed E-state index contributed by atoms with van der Waals surface area (Å²) in [6.07, 6.45) is 3.04. The average molecular weight is 401 g/mol. The molecule has 0 aliphatic rings. The van der Waals surface area contributed by atoms with Crippen molar-refractivity contribution in [3.63, 3.8) is 0 Å². The highest BCUT2D eigenvalue weighted by Gasteiger charge is 2.25. The number of thiophene rings is 1. The monoisotopic (exact) mass is 400 g/mol. The van der Waals surface area contributed by atoms with Crippen molar-refractivity contribution in [3.05, 3.63) is 14.7 Å². The summed E-state index contributed by atoms with van der Waals surface area (Å²) in [6.45, 7) is 4.27. The third-order valence-corrected chi connectivity index (χ3v) is 7.43. The number of thioether (sulfide) groups is 1. The van der Waals surface area contributed by atoms with Gasteiger partial charge in [-0.25, -0.2) is 12.7 Å². The van der Waals surface area contributed by atoms with E-state index in [1.807, 2.05) is 6.26 Å². The fraction of sp³-hybridized carbons (Fsp3) is 0.667. The van der Waals surface area contributed by atoms with Crippen LogP contribution >= 0.6 is 39.0 Å². The lowest BCUT2D eigenvalue weighted by Gasteiger charge is -2.15. The Bertz CT molecular complexity index is 517. The molecule has 0 atom stereocenters. The summed E-state index contributed by atoms with van der Waals surface area (Å²) in [5.41, 5.74) is 0. The van der Waals surface area contributed by atoms with Crippen molar-refractivity contribution in [1.82, 2.24) is 9.62 Å². The topological polar surface area (TPSA) is 49.4 Å². The minimum Gasteiger partial charge on any atom is -0.312 e. The normalized spacial score (nSPS) is 12.2. The van der Waals surface area contributed by atoms with Crippen molar-refractivity contribution in [1.29, 1.82) is 0 Å². The standard InChI is InChI=1S/C12H21BrN2O2S3/c1-4-5-14-9-10-8-11(12(13)19-10)20(16,17)15(2)6-7-18-3/h8,14H,4-7,9H2,1-3H3. The number of halogens is 1. The van der Waals surface area contributed by atoms with E-state index in [9.17, 15) is 8.42 Å². The Labute approximate surface area is 138 Å². The molecule has 0 unspecified atom stereocenters. The number of nitrogens with one attached hydrogen (secondary N) is 1. The Morgan fingerprint density at radius 1 is 1.50 bits per heavy atom. The molecule has 1 aromatic heterocycles. The molecule has 0 bridgehead atoms. The van der Waals surface area contributed by atoms with Gasteiger partial charge in [0.15, 0.2) is 0 Å². The summed E-state index contributed by atoms with van der Waals surface area (Å²) in [4.78, 5) is 1.40. The van der Waals surface area contributed by atoms with Gasteiger partial charge in [0.1, 0.15) is 4.90 Å². The largest absolute Gasteiger partial charge is 0.312 e. The van der Waals surface area contributed by atoms with Crippen LogP contribution in [-0.4, -0.2) is 44.9 Å². The molecule has 0 aliphatic heterocycles. The fourth-order valence-corrected chi connectivity index (χ4v) is 5.90. The van der Waals surface area contributed by atoms with Crippen molar-refractivity contribution in [3.8, 4) is 0 Å². The van der Waals surface area contributed by atoms with E-state index >= 15 is 0 Å². The van der Waals surface area contributed by atoms with E-state index < -0.39 is 10.0 Å². The maximum Gasteiger partial charge on any atom is 0.244 e. The van der Waals surface area contributed by atoms with Crippen LogP contribution in [0.2, 0.25) is 0 Å². The van der Waals surface area contributed by atoms with E-state index in [0.29, 0.717) is 21.8 Å². The van der Waals surface area contributed by atoms with E-state index in [1.54, 1.807) is 24.9 Å². The highest BCUT2D eigenvalue weighted by Crippen LogP contribution is 2.33. The summed E-state index contributed by atoms with van der Waals surface area (Å²) in [5.74, 6) is 0.794. The highest BCUT2D eigenvalue weighted by molar-refractivity contribution is 9.11. The van der Waals surface area contributed by atoms with Gasteiger partial charge in [-0.05, 0) is 41.2 Å². The lowest BCUT2D eigenvalue weighted by Crippen LogP contribution is -2.29. The first kappa shape index (κ1) is 18.4. The van der Waals surface area contributed by atoms with Crippen molar-refractivity contribution in [2.24, 2.45) is 0 Å². The zero-order chi connectivity index (χ0) is 15.2. The van der Waals surface area contributed by atoms with Gasteiger partial charge in [-0.3, -0.25) is 0 Å². The van der Waals surface area contributed by atoms with E-state index in [2.05, 4.69) is 28.2 Å². The predicted molar refractivity (Wildman–Crippen MR) is 92.2 cm³/mol.